The topological polar surface area (TPSA) is 66.6 Å². The highest BCUT2D eigenvalue weighted by atomic mass is 16.4. The molecule has 1 aliphatic rings. The number of nitrogens with zero attached hydrogens (tertiary/aromatic N) is 2. The molecule has 2 aromatic rings. The molecule has 2 N–H and O–H groups in total. The molecule has 3 rings (SSSR count). The van der Waals surface area contributed by atoms with Crippen molar-refractivity contribution in [3.63, 3.8) is 0 Å². The molecule has 5 nitrogen and oxygen atoms in total. The standard InChI is InChI=1S/C13H15N3O2/c17-13(18)9-1-3-15-11(7-9)10-2-5-16-6-4-14-8-12(10)16/h2,4-6,8-9,11,15H,1,3,7H2,(H,17,18). The molecule has 0 aliphatic carbocycles. The van der Waals surface area contributed by atoms with Crippen LogP contribution in [0.4, 0.5) is 0 Å². The number of rotatable bonds is 2. The summed E-state index contributed by atoms with van der Waals surface area (Å²) in [5, 5.41) is 12.5. The third-order valence-corrected chi connectivity index (χ3v) is 3.63. The van der Waals surface area contributed by atoms with E-state index in [4.69, 9.17) is 5.11 Å². The molecule has 0 saturated carbocycles. The SMILES string of the molecule is O=C(O)C1CCNC(c2ccn3ccncc23)C1. The lowest BCUT2D eigenvalue weighted by Crippen LogP contribution is -2.34. The monoisotopic (exact) mass is 245 g/mol. The second-order valence-electron chi connectivity index (χ2n) is 4.71. The molecule has 0 aromatic carbocycles. The van der Waals surface area contributed by atoms with E-state index in [1.54, 1.807) is 6.20 Å². The molecular formula is C13H15N3O2. The van der Waals surface area contributed by atoms with Crippen LogP contribution in [0.25, 0.3) is 5.52 Å². The average Bonchev–Trinajstić information content (AvgIpc) is 2.82. The zero-order chi connectivity index (χ0) is 12.5. The number of hydrogen-bond donors (Lipinski definition) is 2. The molecule has 1 saturated heterocycles. The second-order valence-corrected chi connectivity index (χ2v) is 4.71. The Labute approximate surface area is 104 Å². The number of hydrogen-bond acceptors (Lipinski definition) is 3. The quantitative estimate of drug-likeness (QED) is 0.840. The first-order valence-corrected chi connectivity index (χ1v) is 6.12. The fourth-order valence-corrected chi connectivity index (χ4v) is 2.64. The van der Waals surface area contributed by atoms with E-state index in [9.17, 15) is 4.79 Å². The number of aliphatic carboxylic acids is 1. The molecule has 0 bridgehead atoms. The molecule has 5 heteroatoms. The minimum atomic E-state index is -0.692. The van der Waals surface area contributed by atoms with Crippen LogP contribution >= 0.6 is 0 Å². The third-order valence-electron chi connectivity index (χ3n) is 3.63. The van der Waals surface area contributed by atoms with Gasteiger partial charge in [-0.1, -0.05) is 0 Å². The summed E-state index contributed by atoms with van der Waals surface area (Å²) in [6.07, 6.45) is 8.79. The Kier molecular flexibility index (Phi) is 2.76. The highest BCUT2D eigenvalue weighted by molar-refractivity contribution is 5.70. The number of aromatic nitrogens is 2. The van der Waals surface area contributed by atoms with Gasteiger partial charge in [0, 0.05) is 24.6 Å². The lowest BCUT2D eigenvalue weighted by molar-refractivity contribution is -0.143. The largest absolute Gasteiger partial charge is 0.481 e. The van der Waals surface area contributed by atoms with Gasteiger partial charge in [-0.3, -0.25) is 9.78 Å². The summed E-state index contributed by atoms with van der Waals surface area (Å²) in [6.45, 7) is 0.749. The van der Waals surface area contributed by atoms with Gasteiger partial charge >= 0.3 is 5.97 Å². The van der Waals surface area contributed by atoms with E-state index in [-0.39, 0.29) is 12.0 Å². The molecule has 0 radical (unpaired) electrons. The third kappa shape index (κ3) is 1.86. The summed E-state index contributed by atoms with van der Waals surface area (Å²) in [4.78, 5) is 15.2. The van der Waals surface area contributed by atoms with Crippen LogP contribution in [0.2, 0.25) is 0 Å². The van der Waals surface area contributed by atoms with Gasteiger partial charge in [0.1, 0.15) is 0 Å². The number of nitrogens with one attached hydrogen (secondary N) is 1. The van der Waals surface area contributed by atoms with Gasteiger partial charge in [-0.15, -0.1) is 0 Å². The fourth-order valence-electron chi connectivity index (χ4n) is 2.64. The van der Waals surface area contributed by atoms with Crippen molar-refractivity contribution in [1.29, 1.82) is 0 Å². The van der Waals surface area contributed by atoms with Crippen molar-refractivity contribution < 1.29 is 9.90 Å². The van der Waals surface area contributed by atoms with E-state index in [1.807, 2.05) is 29.1 Å². The van der Waals surface area contributed by atoms with E-state index >= 15 is 0 Å². The maximum absolute atomic E-state index is 11.1. The predicted octanol–water partition coefficient (Wildman–Crippen LogP) is 1.46. The minimum absolute atomic E-state index is 0.106. The summed E-state index contributed by atoms with van der Waals surface area (Å²) in [5.41, 5.74) is 2.18. The van der Waals surface area contributed by atoms with Crippen LogP contribution in [0.1, 0.15) is 24.4 Å². The summed E-state index contributed by atoms with van der Waals surface area (Å²) in [6, 6.07) is 2.15. The average molecular weight is 245 g/mol. The Morgan fingerprint density at radius 2 is 2.39 bits per heavy atom. The van der Waals surface area contributed by atoms with Crippen LogP contribution in [-0.2, 0) is 4.79 Å². The number of carbonyl (C=O) groups is 1. The van der Waals surface area contributed by atoms with Crippen molar-refractivity contribution in [3.05, 3.63) is 36.4 Å². The molecule has 3 heterocycles. The van der Waals surface area contributed by atoms with Gasteiger partial charge in [0.15, 0.2) is 0 Å². The van der Waals surface area contributed by atoms with Gasteiger partial charge in [-0.2, -0.15) is 0 Å². The summed E-state index contributed by atoms with van der Waals surface area (Å²) in [5.74, 6) is -0.939. The maximum Gasteiger partial charge on any atom is 0.306 e. The smallest absolute Gasteiger partial charge is 0.306 e. The zero-order valence-electron chi connectivity index (χ0n) is 9.91. The van der Waals surface area contributed by atoms with E-state index in [0.29, 0.717) is 12.8 Å². The fraction of sp³-hybridized carbons (Fsp3) is 0.385. The Balaban J connectivity index is 1.92. The maximum atomic E-state index is 11.1. The van der Waals surface area contributed by atoms with Crippen molar-refractivity contribution in [1.82, 2.24) is 14.7 Å². The molecule has 0 spiro atoms. The van der Waals surface area contributed by atoms with Gasteiger partial charge in [0.05, 0.1) is 17.6 Å². The molecule has 0 amide bonds. The molecule has 18 heavy (non-hydrogen) atoms. The molecular weight excluding hydrogens is 230 g/mol. The Bertz CT molecular complexity index is 578. The first kappa shape index (κ1) is 11.2. The molecule has 2 unspecified atom stereocenters. The second kappa shape index (κ2) is 4.42. The number of carboxylic acid groups (broad SMARTS) is 1. The lowest BCUT2D eigenvalue weighted by atomic mass is 9.89. The molecule has 1 fully saturated rings. The molecule has 2 atom stereocenters. The van der Waals surface area contributed by atoms with E-state index in [1.165, 1.54) is 0 Å². The summed E-state index contributed by atoms with van der Waals surface area (Å²) < 4.78 is 2.01. The lowest BCUT2D eigenvalue weighted by Gasteiger charge is -2.27. The van der Waals surface area contributed by atoms with Gasteiger partial charge < -0.3 is 14.8 Å². The zero-order valence-corrected chi connectivity index (χ0v) is 9.91. The van der Waals surface area contributed by atoms with Crippen molar-refractivity contribution >= 4 is 11.5 Å². The van der Waals surface area contributed by atoms with Crippen LogP contribution in [-0.4, -0.2) is 27.0 Å². The first-order chi connectivity index (χ1) is 8.75. The van der Waals surface area contributed by atoms with E-state index in [2.05, 4.69) is 10.3 Å². The Hall–Kier alpha value is -1.88. The van der Waals surface area contributed by atoms with Crippen molar-refractivity contribution in [2.45, 2.75) is 18.9 Å². The number of fused-ring (bicyclic) bond motifs is 1. The Morgan fingerprint density at radius 3 is 3.22 bits per heavy atom. The highest BCUT2D eigenvalue weighted by Crippen LogP contribution is 2.30. The van der Waals surface area contributed by atoms with Gasteiger partial charge in [-0.25, -0.2) is 0 Å². The van der Waals surface area contributed by atoms with Gasteiger partial charge in [0.25, 0.3) is 0 Å². The number of piperidine rings is 1. The van der Waals surface area contributed by atoms with E-state index in [0.717, 1.165) is 17.6 Å². The first-order valence-electron chi connectivity index (χ1n) is 6.12. The van der Waals surface area contributed by atoms with Crippen molar-refractivity contribution in [3.8, 4) is 0 Å². The number of carboxylic acids is 1. The van der Waals surface area contributed by atoms with E-state index < -0.39 is 5.97 Å². The van der Waals surface area contributed by atoms with Gasteiger partial charge in [-0.05, 0) is 31.0 Å². The Morgan fingerprint density at radius 1 is 1.50 bits per heavy atom. The minimum Gasteiger partial charge on any atom is -0.481 e. The van der Waals surface area contributed by atoms with Crippen molar-refractivity contribution in [2.24, 2.45) is 5.92 Å². The van der Waals surface area contributed by atoms with Crippen molar-refractivity contribution in [2.75, 3.05) is 6.54 Å². The van der Waals surface area contributed by atoms with Crippen LogP contribution in [0.15, 0.2) is 30.9 Å². The normalized spacial score (nSPS) is 24.2. The molecule has 2 aromatic heterocycles. The van der Waals surface area contributed by atoms with Crippen LogP contribution in [0.3, 0.4) is 0 Å². The molecule has 94 valence electrons. The van der Waals surface area contributed by atoms with Crippen LogP contribution < -0.4 is 5.32 Å². The highest BCUT2D eigenvalue weighted by Gasteiger charge is 2.28. The van der Waals surface area contributed by atoms with Crippen LogP contribution in [0.5, 0.6) is 0 Å². The summed E-state index contributed by atoms with van der Waals surface area (Å²) in [7, 11) is 0. The van der Waals surface area contributed by atoms with Gasteiger partial charge in [0.2, 0.25) is 0 Å². The van der Waals surface area contributed by atoms with Crippen LogP contribution in [0, 0.1) is 5.92 Å². The molecule has 1 aliphatic heterocycles. The predicted molar refractivity (Wildman–Crippen MR) is 66.3 cm³/mol. The summed E-state index contributed by atoms with van der Waals surface area (Å²) >= 11 is 0.